The Bertz CT molecular complexity index is 322. The molecule has 0 saturated carbocycles. The van der Waals surface area contributed by atoms with E-state index in [1.165, 1.54) is 6.08 Å². The Labute approximate surface area is 73.0 Å². The van der Waals surface area contributed by atoms with Gasteiger partial charge < -0.3 is 0 Å². The highest BCUT2D eigenvalue weighted by molar-refractivity contribution is 5.53. The van der Waals surface area contributed by atoms with E-state index in [4.69, 9.17) is 5.26 Å². The van der Waals surface area contributed by atoms with Gasteiger partial charge in [0.25, 0.3) is 0 Å². The van der Waals surface area contributed by atoms with Crippen LogP contribution in [0.25, 0.3) is 6.08 Å². The van der Waals surface area contributed by atoms with Crippen molar-refractivity contribution >= 4 is 6.08 Å². The van der Waals surface area contributed by atoms with E-state index in [1.54, 1.807) is 6.08 Å². The quantitative estimate of drug-likeness (QED) is 0.573. The van der Waals surface area contributed by atoms with Crippen LogP contribution in [0.2, 0.25) is 0 Å². The van der Waals surface area contributed by atoms with Gasteiger partial charge in [-0.3, -0.25) is 0 Å². The molecule has 1 heteroatoms. The molecule has 0 atom stereocenters. The SMILES string of the molecule is Cc1[c]c(C)cc(/C=C/C#N)c1. The van der Waals surface area contributed by atoms with Gasteiger partial charge in [-0.25, -0.2) is 0 Å². The molecule has 0 N–H and O–H groups in total. The monoisotopic (exact) mass is 156 g/mol. The maximum atomic E-state index is 8.32. The van der Waals surface area contributed by atoms with Gasteiger partial charge >= 0.3 is 0 Å². The molecular weight excluding hydrogens is 146 g/mol. The molecule has 0 fully saturated rings. The van der Waals surface area contributed by atoms with E-state index in [1.807, 2.05) is 32.0 Å². The molecule has 1 radical (unpaired) electrons. The van der Waals surface area contributed by atoms with E-state index >= 15 is 0 Å². The molecule has 1 rings (SSSR count). The van der Waals surface area contributed by atoms with Gasteiger partial charge in [-0.05, 0) is 42.7 Å². The van der Waals surface area contributed by atoms with E-state index in [9.17, 15) is 0 Å². The fourth-order valence-electron chi connectivity index (χ4n) is 1.15. The summed E-state index contributed by atoms with van der Waals surface area (Å²) in [5, 5.41) is 8.32. The van der Waals surface area contributed by atoms with Gasteiger partial charge in [0.2, 0.25) is 0 Å². The third kappa shape index (κ3) is 2.25. The maximum absolute atomic E-state index is 8.32. The summed E-state index contributed by atoms with van der Waals surface area (Å²) in [7, 11) is 0. The Morgan fingerprint density at radius 3 is 2.42 bits per heavy atom. The standard InChI is InChI=1S/C11H10N/c1-9-6-10(2)8-11(7-9)4-3-5-12/h3-4,7-8H,1-2H3/b4-3+. The van der Waals surface area contributed by atoms with Crippen LogP contribution in [0.1, 0.15) is 16.7 Å². The highest BCUT2D eigenvalue weighted by atomic mass is 14.2. The third-order valence-corrected chi connectivity index (χ3v) is 1.51. The zero-order chi connectivity index (χ0) is 8.97. The number of benzene rings is 1. The summed E-state index contributed by atoms with van der Waals surface area (Å²) >= 11 is 0. The van der Waals surface area contributed by atoms with Crippen molar-refractivity contribution in [1.29, 1.82) is 5.26 Å². The van der Waals surface area contributed by atoms with Crippen molar-refractivity contribution in [1.82, 2.24) is 0 Å². The number of nitriles is 1. The minimum Gasteiger partial charge on any atom is -0.193 e. The van der Waals surface area contributed by atoms with Crippen molar-refractivity contribution in [3.8, 4) is 6.07 Å². The second kappa shape index (κ2) is 3.73. The second-order valence-corrected chi connectivity index (χ2v) is 2.74. The lowest BCUT2D eigenvalue weighted by molar-refractivity contribution is 1.36. The van der Waals surface area contributed by atoms with Crippen LogP contribution in [-0.4, -0.2) is 0 Å². The van der Waals surface area contributed by atoms with Crippen LogP contribution >= 0.6 is 0 Å². The first-order chi connectivity index (χ1) is 5.72. The molecule has 0 aromatic heterocycles. The van der Waals surface area contributed by atoms with Crippen LogP contribution in [0, 0.1) is 31.2 Å². The van der Waals surface area contributed by atoms with Crippen LogP contribution in [-0.2, 0) is 0 Å². The van der Waals surface area contributed by atoms with Crippen molar-refractivity contribution < 1.29 is 0 Å². The molecule has 0 aliphatic heterocycles. The van der Waals surface area contributed by atoms with Crippen molar-refractivity contribution in [3.05, 3.63) is 41.0 Å². The van der Waals surface area contributed by atoms with E-state index in [0.29, 0.717) is 0 Å². The second-order valence-electron chi connectivity index (χ2n) is 2.74. The van der Waals surface area contributed by atoms with Gasteiger partial charge in [-0.15, -0.1) is 0 Å². The van der Waals surface area contributed by atoms with Gasteiger partial charge in [-0.2, -0.15) is 5.26 Å². The number of aryl methyl sites for hydroxylation is 2. The lowest BCUT2D eigenvalue weighted by Crippen LogP contribution is -1.80. The van der Waals surface area contributed by atoms with Crippen molar-refractivity contribution in [2.45, 2.75) is 13.8 Å². The van der Waals surface area contributed by atoms with Gasteiger partial charge in [0.1, 0.15) is 0 Å². The lowest BCUT2D eigenvalue weighted by atomic mass is 10.1. The Kier molecular flexibility index (Phi) is 2.66. The molecule has 12 heavy (non-hydrogen) atoms. The van der Waals surface area contributed by atoms with Crippen LogP contribution in [0.15, 0.2) is 18.2 Å². The van der Waals surface area contributed by atoms with Gasteiger partial charge in [-0.1, -0.05) is 12.1 Å². The average molecular weight is 156 g/mol. The summed E-state index contributed by atoms with van der Waals surface area (Å²) in [6.45, 7) is 3.99. The van der Waals surface area contributed by atoms with Gasteiger partial charge in [0.15, 0.2) is 0 Å². The van der Waals surface area contributed by atoms with Crippen molar-refractivity contribution in [2.75, 3.05) is 0 Å². The number of allylic oxidation sites excluding steroid dienone is 1. The fraction of sp³-hybridized carbons (Fsp3) is 0.182. The molecule has 0 bridgehead atoms. The summed E-state index contributed by atoms with van der Waals surface area (Å²) in [4.78, 5) is 0. The Morgan fingerprint density at radius 2 is 1.92 bits per heavy atom. The number of hydrogen-bond acceptors (Lipinski definition) is 1. The predicted octanol–water partition coefficient (Wildman–Crippen LogP) is 2.64. The van der Waals surface area contributed by atoms with Gasteiger partial charge in [0.05, 0.1) is 6.07 Å². The summed E-state index contributed by atoms with van der Waals surface area (Å²) in [5.41, 5.74) is 3.27. The fourth-order valence-corrected chi connectivity index (χ4v) is 1.15. The molecule has 0 unspecified atom stereocenters. The topological polar surface area (TPSA) is 23.8 Å². The summed E-state index contributed by atoms with van der Waals surface area (Å²) in [6, 6.07) is 9.14. The van der Waals surface area contributed by atoms with Crippen LogP contribution < -0.4 is 0 Å². The van der Waals surface area contributed by atoms with E-state index in [0.717, 1.165) is 16.7 Å². The minimum absolute atomic E-state index is 1.06. The first kappa shape index (κ1) is 8.55. The van der Waals surface area contributed by atoms with E-state index in [2.05, 4.69) is 6.07 Å². The average Bonchev–Trinajstić information content (AvgIpc) is 1.99. The predicted molar refractivity (Wildman–Crippen MR) is 49.4 cm³/mol. The minimum atomic E-state index is 1.06. The lowest BCUT2D eigenvalue weighted by Gasteiger charge is -1.97. The number of hydrogen-bond donors (Lipinski definition) is 0. The first-order valence-electron chi connectivity index (χ1n) is 3.79. The first-order valence-corrected chi connectivity index (χ1v) is 3.79. The molecule has 0 amide bonds. The summed E-state index contributed by atoms with van der Waals surface area (Å²) in [5.74, 6) is 0. The maximum Gasteiger partial charge on any atom is 0.0912 e. The molecule has 1 aromatic rings. The smallest absolute Gasteiger partial charge is 0.0912 e. The highest BCUT2D eigenvalue weighted by Crippen LogP contribution is 2.09. The Balaban J connectivity index is 3.03. The van der Waals surface area contributed by atoms with E-state index < -0.39 is 0 Å². The largest absolute Gasteiger partial charge is 0.193 e. The molecular formula is C11H10N. The molecule has 0 spiro atoms. The Morgan fingerprint density at radius 1 is 1.33 bits per heavy atom. The molecule has 59 valence electrons. The third-order valence-electron chi connectivity index (χ3n) is 1.51. The molecule has 0 aliphatic rings. The Hall–Kier alpha value is -1.55. The molecule has 1 aromatic carbocycles. The van der Waals surface area contributed by atoms with Crippen LogP contribution in [0.4, 0.5) is 0 Å². The normalized spacial score (nSPS) is 10.1. The molecule has 0 heterocycles. The van der Waals surface area contributed by atoms with E-state index in [-0.39, 0.29) is 0 Å². The molecule has 0 aliphatic carbocycles. The van der Waals surface area contributed by atoms with Crippen molar-refractivity contribution in [3.63, 3.8) is 0 Å². The summed E-state index contributed by atoms with van der Waals surface area (Å²) < 4.78 is 0. The molecule has 0 saturated heterocycles. The number of rotatable bonds is 1. The van der Waals surface area contributed by atoms with Gasteiger partial charge in [0, 0.05) is 6.08 Å². The summed E-state index contributed by atoms with van der Waals surface area (Å²) in [6.07, 6.45) is 3.28. The highest BCUT2D eigenvalue weighted by Gasteiger charge is 1.91. The molecule has 1 nitrogen and oxygen atoms in total. The zero-order valence-electron chi connectivity index (χ0n) is 7.26. The number of nitrogens with zero attached hydrogens (tertiary/aromatic N) is 1. The van der Waals surface area contributed by atoms with Crippen LogP contribution in [0.5, 0.6) is 0 Å². The van der Waals surface area contributed by atoms with Crippen molar-refractivity contribution in [2.24, 2.45) is 0 Å². The van der Waals surface area contributed by atoms with Crippen LogP contribution in [0.3, 0.4) is 0 Å². The zero-order valence-corrected chi connectivity index (χ0v) is 7.26.